The van der Waals surface area contributed by atoms with Crippen molar-refractivity contribution in [2.75, 3.05) is 13.2 Å². The molecule has 1 atom stereocenters. The van der Waals surface area contributed by atoms with E-state index >= 15 is 0 Å². The lowest BCUT2D eigenvalue weighted by atomic mass is 10.1. The largest absolute Gasteiger partial charge is 0.493 e. The van der Waals surface area contributed by atoms with Gasteiger partial charge in [0, 0.05) is 29.8 Å². The molecule has 1 aliphatic rings. The lowest BCUT2D eigenvalue weighted by Crippen LogP contribution is -2.08. The molecule has 0 bridgehead atoms. The van der Waals surface area contributed by atoms with Gasteiger partial charge >= 0.3 is 0 Å². The Morgan fingerprint density at radius 1 is 1.50 bits per heavy atom. The summed E-state index contributed by atoms with van der Waals surface area (Å²) in [6, 6.07) is 6.31. The van der Waals surface area contributed by atoms with Gasteiger partial charge in [-0.2, -0.15) is 0 Å². The fourth-order valence-corrected chi connectivity index (χ4v) is 2.99. The molecule has 0 amide bonds. The molecule has 0 saturated carbocycles. The average Bonchev–Trinajstić information content (AvgIpc) is 3.05. The van der Waals surface area contributed by atoms with E-state index in [1.165, 1.54) is 11.1 Å². The minimum absolute atomic E-state index is 0.335. The van der Waals surface area contributed by atoms with Crippen LogP contribution in [0.15, 0.2) is 23.6 Å². The number of rotatable bonds is 3. The summed E-state index contributed by atoms with van der Waals surface area (Å²) in [7, 11) is 0. The Morgan fingerprint density at radius 2 is 2.39 bits per heavy atom. The SMILES string of the molecule is CC(CN)c1nc(-c2ccc3c(c2)CCO3)cs1. The second kappa shape index (κ2) is 4.71. The number of nitrogens with two attached hydrogens (primary N) is 1. The van der Waals surface area contributed by atoms with Crippen LogP contribution in [0.2, 0.25) is 0 Å². The summed E-state index contributed by atoms with van der Waals surface area (Å²) in [5.41, 5.74) is 9.18. The minimum atomic E-state index is 0.335. The summed E-state index contributed by atoms with van der Waals surface area (Å²) in [6.45, 7) is 3.55. The van der Waals surface area contributed by atoms with Crippen molar-refractivity contribution in [1.29, 1.82) is 0 Å². The molecule has 0 saturated heterocycles. The van der Waals surface area contributed by atoms with Gasteiger partial charge in [0.15, 0.2) is 0 Å². The van der Waals surface area contributed by atoms with Gasteiger partial charge in [0.1, 0.15) is 5.75 Å². The molecule has 2 aromatic rings. The van der Waals surface area contributed by atoms with Crippen molar-refractivity contribution >= 4 is 11.3 Å². The number of benzene rings is 1. The molecule has 3 nitrogen and oxygen atoms in total. The number of hydrogen-bond acceptors (Lipinski definition) is 4. The third-order valence-electron chi connectivity index (χ3n) is 3.28. The monoisotopic (exact) mass is 260 g/mol. The lowest BCUT2D eigenvalue weighted by Gasteiger charge is -2.03. The van der Waals surface area contributed by atoms with E-state index in [0.717, 1.165) is 29.5 Å². The summed E-state index contributed by atoms with van der Waals surface area (Å²) in [6.07, 6.45) is 0.999. The first-order valence-electron chi connectivity index (χ1n) is 6.19. The fourth-order valence-electron chi connectivity index (χ4n) is 2.09. The van der Waals surface area contributed by atoms with E-state index in [0.29, 0.717) is 12.5 Å². The molecule has 18 heavy (non-hydrogen) atoms. The predicted octanol–water partition coefficient (Wildman–Crippen LogP) is 2.81. The molecule has 1 aliphatic heterocycles. The third kappa shape index (κ3) is 2.02. The van der Waals surface area contributed by atoms with Crippen molar-refractivity contribution in [3.8, 4) is 17.0 Å². The summed E-state index contributed by atoms with van der Waals surface area (Å²) < 4.78 is 5.52. The first-order chi connectivity index (χ1) is 8.78. The molecule has 0 radical (unpaired) electrons. The van der Waals surface area contributed by atoms with Gasteiger partial charge in [-0.25, -0.2) is 4.98 Å². The van der Waals surface area contributed by atoms with E-state index in [-0.39, 0.29) is 0 Å². The molecule has 94 valence electrons. The molecule has 3 rings (SSSR count). The highest BCUT2D eigenvalue weighted by Crippen LogP contribution is 2.32. The maximum atomic E-state index is 5.68. The maximum Gasteiger partial charge on any atom is 0.122 e. The number of hydrogen-bond donors (Lipinski definition) is 1. The van der Waals surface area contributed by atoms with E-state index in [9.17, 15) is 0 Å². The zero-order valence-corrected chi connectivity index (χ0v) is 11.2. The number of nitrogens with zero attached hydrogens (tertiary/aromatic N) is 1. The first kappa shape index (κ1) is 11.7. The Kier molecular flexibility index (Phi) is 3.06. The Morgan fingerprint density at radius 3 is 3.22 bits per heavy atom. The van der Waals surface area contributed by atoms with Crippen LogP contribution in [0.4, 0.5) is 0 Å². The fraction of sp³-hybridized carbons (Fsp3) is 0.357. The van der Waals surface area contributed by atoms with E-state index in [4.69, 9.17) is 10.5 Å². The number of aromatic nitrogens is 1. The third-order valence-corrected chi connectivity index (χ3v) is 4.36. The van der Waals surface area contributed by atoms with Crippen LogP contribution in [-0.2, 0) is 6.42 Å². The quantitative estimate of drug-likeness (QED) is 0.923. The van der Waals surface area contributed by atoms with E-state index in [1.807, 2.05) is 6.07 Å². The smallest absolute Gasteiger partial charge is 0.122 e. The van der Waals surface area contributed by atoms with Gasteiger partial charge in [-0.15, -0.1) is 11.3 Å². The van der Waals surface area contributed by atoms with Crippen molar-refractivity contribution in [1.82, 2.24) is 4.98 Å². The van der Waals surface area contributed by atoms with Gasteiger partial charge in [0.2, 0.25) is 0 Å². The normalized spacial score (nSPS) is 15.2. The van der Waals surface area contributed by atoms with E-state index in [1.54, 1.807) is 11.3 Å². The Hall–Kier alpha value is -1.39. The Labute approximate surface area is 111 Å². The zero-order chi connectivity index (χ0) is 12.5. The van der Waals surface area contributed by atoms with Gasteiger partial charge in [0.25, 0.3) is 0 Å². The van der Waals surface area contributed by atoms with E-state index < -0.39 is 0 Å². The van der Waals surface area contributed by atoms with Crippen LogP contribution in [0.1, 0.15) is 23.4 Å². The summed E-state index contributed by atoms with van der Waals surface area (Å²) in [5.74, 6) is 1.35. The van der Waals surface area contributed by atoms with Gasteiger partial charge in [-0.05, 0) is 23.8 Å². The van der Waals surface area contributed by atoms with Gasteiger partial charge in [-0.1, -0.05) is 6.92 Å². The van der Waals surface area contributed by atoms with Crippen molar-refractivity contribution in [2.45, 2.75) is 19.3 Å². The molecule has 0 fully saturated rings. The zero-order valence-electron chi connectivity index (χ0n) is 10.3. The second-order valence-electron chi connectivity index (χ2n) is 4.63. The van der Waals surface area contributed by atoms with Crippen molar-refractivity contribution in [3.05, 3.63) is 34.2 Å². The molecule has 1 aromatic carbocycles. The highest BCUT2D eigenvalue weighted by molar-refractivity contribution is 7.10. The van der Waals surface area contributed by atoms with Crippen molar-refractivity contribution < 1.29 is 4.74 Å². The molecule has 1 aromatic heterocycles. The molecule has 0 spiro atoms. The van der Waals surface area contributed by atoms with E-state index in [2.05, 4.69) is 29.4 Å². The molecule has 1 unspecified atom stereocenters. The van der Waals surface area contributed by atoms with Crippen LogP contribution in [0, 0.1) is 0 Å². The van der Waals surface area contributed by atoms with Gasteiger partial charge in [-0.3, -0.25) is 0 Å². The average molecular weight is 260 g/mol. The van der Waals surface area contributed by atoms with Crippen LogP contribution in [0.3, 0.4) is 0 Å². The van der Waals surface area contributed by atoms with Crippen molar-refractivity contribution in [2.24, 2.45) is 5.73 Å². The maximum absolute atomic E-state index is 5.68. The molecule has 4 heteroatoms. The van der Waals surface area contributed by atoms with Crippen LogP contribution in [-0.4, -0.2) is 18.1 Å². The number of fused-ring (bicyclic) bond motifs is 1. The topological polar surface area (TPSA) is 48.1 Å². The lowest BCUT2D eigenvalue weighted by molar-refractivity contribution is 0.357. The summed E-state index contributed by atoms with van der Waals surface area (Å²) in [4.78, 5) is 4.67. The number of thiazole rings is 1. The molecule has 2 N–H and O–H groups in total. The van der Waals surface area contributed by atoms with Crippen molar-refractivity contribution in [3.63, 3.8) is 0 Å². The summed E-state index contributed by atoms with van der Waals surface area (Å²) >= 11 is 1.69. The number of ether oxygens (including phenoxy) is 1. The van der Waals surface area contributed by atoms with Crippen LogP contribution in [0.5, 0.6) is 5.75 Å². The van der Waals surface area contributed by atoms with Gasteiger partial charge < -0.3 is 10.5 Å². The van der Waals surface area contributed by atoms with Crippen LogP contribution < -0.4 is 10.5 Å². The molecular formula is C14H16N2OS. The highest BCUT2D eigenvalue weighted by Gasteiger charge is 2.15. The molecule has 2 heterocycles. The Balaban J connectivity index is 1.92. The second-order valence-corrected chi connectivity index (χ2v) is 5.52. The highest BCUT2D eigenvalue weighted by atomic mass is 32.1. The standard InChI is InChI=1S/C14H16N2OS/c1-9(7-15)14-16-12(8-18-14)10-2-3-13-11(6-10)4-5-17-13/h2-3,6,8-9H,4-5,7,15H2,1H3. The van der Waals surface area contributed by atoms with Crippen LogP contribution >= 0.6 is 11.3 Å². The molecule has 0 aliphatic carbocycles. The summed E-state index contributed by atoms with van der Waals surface area (Å²) in [5, 5.41) is 3.23. The van der Waals surface area contributed by atoms with Gasteiger partial charge in [0.05, 0.1) is 17.3 Å². The predicted molar refractivity (Wildman–Crippen MR) is 74.2 cm³/mol. The first-order valence-corrected chi connectivity index (χ1v) is 7.07. The van der Waals surface area contributed by atoms with Crippen LogP contribution in [0.25, 0.3) is 11.3 Å². The molecular weight excluding hydrogens is 244 g/mol. The Bertz CT molecular complexity index is 565. The minimum Gasteiger partial charge on any atom is -0.493 e.